The summed E-state index contributed by atoms with van der Waals surface area (Å²) in [4.78, 5) is 2.59. The van der Waals surface area contributed by atoms with Gasteiger partial charge in [-0.2, -0.15) is 0 Å². The highest BCUT2D eigenvalue weighted by Gasteiger charge is 2.28. The molecule has 0 aliphatic heterocycles. The van der Waals surface area contributed by atoms with Crippen molar-refractivity contribution in [3.05, 3.63) is 12.7 Å². The van der Waals surface area contributed by atoms with Crippen molar-refractivity contribution in [1.29, 1.82) is 0 Å². The molecule has 0 aromatic carbocycles. The first kappa shape index (κ1) is 15.7. The van der Waals surface area contributed by atoms with Crippen LogP contribution in [0.25, 0.3) is 0 Å². The van der Waals surface area contributed by atoms with Crippen molar-refractivity contribution in [2.24, 2.45) is 17.1 Å². The molecule has 0 saturated heterocycles. The van der Waals surface area contributed by atoms with E-state index in [0.717, 1.165) is 31.5 Å². The average molecular weight is 252 g/mol. The summed E-state index contributed by atoms with van der Waals surface area (Å²) in [6, 6.07) is 0.852. The van der Waals surface area contributed by atoms with Crippen molar-refractivity contribution in [1.82, 2.24) is 4.90 Å². The van der Waals surface area contributed by atoms with Gasteiger partial charge in [0.25, 0.3) is 0 Å². The van der Waals surface area contributed by atoms with E-state index in [2.05, 4.69) is 32.3 Å². The predicted octanol–water partition coefficient (Wildman–Crippen LogP) is 3.43. The van der Waals surface area contributed by atoms with Gasteiger partial charge < -0.3 is 5.73 Å². The molecule has 0 spiro atoms. The van der Waals surface area contributed by atoms with E-state index in [1.54, 1.807) is 0 Å². The fourth-order valence-electron chi connectivity index (χ4n) is 2.78. The summed E-state index contributed by atoms with van der Waals surface area (Å²) < 4.78 is 0. The van der Waals surface area contributed by atoms with Crippen LogP contribution in [0.3, 0.4) is 0 Å². The van der Waals surface area contributed by atoms with Gasteiger partial charge in [0.15, 0.2) is 0 Å². The van der Waals surface area contributed by atoms with Gasteiger partial charge in [-0.05, 0) is 56.5 Å². The van der Waals surface area contributed by atoms with E-state index >= 15 is 0 Å². The first-order chi connectivity index (χ1) is 8.49. The number of rotatable bonds is 9. The SMILES string of the molecule is C=CCN(CCCC(CCN)C(C)(C)C)C1CC1. The summed E-state index contributed by atoms with van der Waals surface area (Å²) in [6.45, 7) is 14.0. The predicted molar refractivity (Wildman–Crippen MR) is 80.6 cm³/mol. The molecule has 2 heteroatoms. The Balaban J connectivity index is 2.30. The minimum atomic E-state index is 0.391. The number of hydrogen-bond donors (Lipinski definition) is 1. The monoisotopic (exact) mass is 252 g/mol. The molecule has 1 rings (SSSR count). The third-order valence-corrected chi connectivity index (χ3v) is 4.16. The van der Waals surface area contributed by atoms with E-state index < -0.39 is 0 Å². The zero-order valence-electron chi connectivity index (χ0n) is 12.6. The summed E-state index contributed by atoms with van der Waals surface area (Å²) in [7, 11) is 0. The van der Waals surface area contributed by atoms with E-state index in [0.29, 0.717) is 5.41 Å². The average Bonchev–Trinajstić information content (AvgIpc) is 3.09. The summed E-state index contributed by atoms with van der Waals surface area (Å²) in [5.41, 5.74) is 6.13. The van der Waals surface area contributed by atoms with Crippen LogP contribution in [0.4, 0.5) is 0 Å². The van der Waals surface area contributed by atoms with Crippen LogP contribution in [0.2, 0.25) is 0 Å². The quantitative estimate of drug-likeness (QED) is 0.637. The molecule has 0 aromatic heterocycles. The minimum Gasteiger partial charge on any atom is -0.330 e. The van der Waals surface area contributed by atoms with Gasteiger partial charge in [-0.15, -0.1) is 6.58 Å². The molecule has 0 amide bonds. The second-order valence-corrected chi connectivity index (χ2v) is 6.80. The normalized spacial score (nSPS) is 18.1. The Morgan fingerprint density at radius 2 is 2.00 bits per heavy atom. The lowest BCUT2D eigenvalue weighted by Gasteiger charge is -2.31. The maximum absolute atomic E-state index is 5.74. The van der Waals surface area contributed by atoms with Gasteiger partial charge in [-0.1, -0.05) is 26.8 Å². The maximum atomic E-state index is 5.74. The largest absolute Gasteiger partial charge is 0.330 e. The molecule has 0 radical (unpaired) electrons. The lowest BCUT2D eigenvalue weighted by atomic mass is 9.76. The molecular formula is C16H32N2. The number of hydrogen-bond acceptors (Lipinski definition) is 2. The number of nitrogens with zero attached hydrogens (tertiary/aromatic N) is 1. The molecule has 18 heavy (non-hydrogen) atoms. The molecule has 1 atom stereocenters. The highest BCUT2D eigenvalue weighted by Crippen LogP contribution is 2.33. The summed E-state index contributed by atoms with van der Waals surface area (Å²) in [5.74, 6) is 0.757. The van der Waals surface area contributed by atoms with Crippen LogP contribution in [0.5, 0.6) is 0 Å². The van der Waals surface area contributed by atoms with Crippen LogP contribution in [0.1, 0.15) is 52.9 Å². The molecule has 0 bridgehead atoms. The Morgan fingerprint density at radius 3 is 2.44 bits per heavy atom. The molecule has 1 saturated carbocycles. The van der Waals surface area contributed by atoms with Crippen molar-refractivity contribution in [2.75, 3.05) is 19.6 Å². The Kier molecular flexibility index (Phi) is 6.37. The highest BCUT2D eigenvalue weighted by atomic mass is 15.2. The lowest BCUT2D eigenvalue weighted by molar-refractivity contribution is 0.195. The second-order valence-electron chi connectivity index (χ2n) is 6.80. The lowest BCUT2D eigenvalue weighted by Crippen LogP contribution is -2.29. The van der Waals surface area contributed by atoms with E-state index in [4.69, 9.17) is 5.73 Å². The van der Waals surface area contributed by atoms with Crippen molar-refractivity contribution in [3.63, 3.8) is 0 Å². The molecular weight excluding hydrogens is 220 g/mol. The highest BCUT2D eigenvalue weighted by molar-refractivity contribution is 4.88. The second kappa shape index (κ2) is 7.30. The van der Waals surface area contributed by atoms with Gasteiger partial charge in [0.2, 0.25) is 0 Å². The van der Waals surface area contributed by atoms with E-state index in [1.165, 1.54) is 32.2 Å². The third-order valence-electron chi connectivity index (χ3n) is 4.16. The first-order valence-corrected chi connectivity index (χ1v) is 7.54. The Hall–Kier alpha value is -0.340. The molecule has 1 unspecified atom stereocenters. The van der Waals surface area contributed by atoms with E-state index in [-0.39, 0.29) is 0 Å². The van der Waals surface area contributed by atoms with Crippen LogP contribution in [-0.4, -0.2) is 30.6 Å². The molecule has 1 aliphatic carbocycles. The molecule has 1 aliphatic rings. The Labute approximate surface area is 114 Å². The maximum Gasteiger partial charge on any atom is 0.0163 e. The summed E-state index contributed by atoms with van der Waals surface area (Å²) in [6.07, 6.45) is 8.58. The van der Waals surface area contributed by atoms with Gasteiger partial charge in [0.05, 0.1) is 0 Å². The fraction of sp³-hybridized carbons (Fsp3) is 0.875. The van der Waals surface area contributed by atoms with Gasteiger partial charge >= 0.3 is 0 Å². The summed E-state index contributed by atoms with van der Waals surface area (Å²) in [5, 5.41) is 0. The first-order valence-electron chi connectivity index (χ1n) is 7.54. The van der Waals surface area contributed by atoms with E-state index in [1.807, 2.05) is 6.08 Å². The third kappa shape index (κ3) is 5.53. The summed E-state index contributed by atoms with van der Waals surface area (Å²) >= 11 is 0. The van der Waals surface area contributed by atoms with Crippen molar-refractivity contribution in [3.8, 4) is 0 Å². The zero-order chi connectivity index (χ0) is 13.6. The smallest absolute Gasteiger partial charge is 0.0163 e. The molecule has 2 nitrogen and oxygen atoms in total. The van der Waals surface area contributed by atoms with Gasteiger partial charge in [-0.25, -0.2) is 0 Å². The van der Waals surface area contributed by atoms with Crippen LogP contribution in [-0.2, 0) is 0 Å². The fourth-order valence-corrected chi connectivity index (χ4v) is 2.78. The number of nitrogens with two attached hydrogens (primary N) is 1. The van der Waals surface area contributed by atoms with Crippen LogP contribution in [0.15, 0.2) is 12.7 Å². The molecule has 0 heterocycles. The molecule has 2 N–H and O–H groups in total. The van der Waals surface area contributed by atoms with E-state index in [9.17, 15) is 0 Å². The topological polar surface area (TPSA) is 29.3 Å². The van der Waals surface area contributed by atoms with Gasteiger partial charge in [0, 0.05) is 12.6 Å². The minimum absolute atomic E-state index is 0.391. The Morgan fingerprint density at radius 1 is 1.33 bits per heavy atom. The van der Waals surface area contributed by atoms with Gasteiger partial charge in [-0.3, -0.25) is 4.90 Å². The standard InChI is InChI=1S/C16H32N2/c1-5-12-18(15-8-9-15)13-6-7-14(10-11-17)16(2,3)4/h5,14-15H,1,6-13,17H2,2-4H3. The van der Waals surface area contributed by atoms with Crippen LogP contribution >= 0.6 is 0 Å². The molecule has 0 aromatic rings. The van der Waals surface area contributed by atoms with Crippen LogP contribution in [0, 0.1) is 11.3 Å². The molecule has 1 fully saturated rings. The van der Waals surface area contributed by atoms with Crippen molar-refractivity contribution >= 4 is 0 Å². The molecule has 106 valence electrons. The Bertz CT molecular complexity index is 238. The van der Waals surface area contributed by atoms with Crippen LogP contribution < -0.4 is 5.73 Å². The zero-order valence-corrected chi connectivity index (χ0v) is 12.6. The van der Waals surface area contributed by atoms with Crippen molar-refractivity contribution < 1.29 is 0 Å². The van der Waals surface area contributed by atoms with Crippen molar-refractivity contribution in [2.45, 2.75) is 58.9 Å². The van der Waals surface area contributed by atoms with Gasteiger partial charge in [0.1, 0.15) is 0 Å².